The number of rotatable bonds is 6. The van der Waals surface area contributed by atoms with Crippen LogP contribution in [0.3, 0.4) is 0 Å². The Balaban J connectivity index is 2.07. The van der Waals surface area contributed by atoms with E-state index in [1.54, 1.807) is 16.7 Å². The predicted molar refractivity (Wildman–Crippen MR) is 104 cm³/mol. The Hall–Kier alpha value is -1.69. The molecular formula is C19H29N3O2S. The summed E-state index contributed by atoms with van der Waals surface area (Å²) in [5.74, 6) is 0.149. The zero-order valence-electron chi connectivity index (χ0n) is 15.8. The third-order valence-electron chi connectivity index (χ3n) is 4.30. The van der Waals surface area contributed by atoms with Gasteiger partial charge in [0.25, 0.3) is 0 Å². The lowest BCUT2D eigenvalue weighted by molar-refractivity contribution is -0.129. The molecule has 1 fully saturated rings. The number of hydrogen-bond acceptors (Lipinski definition) is 3. The van der Waals surface area contributed by atoms with Gasteiger partial charge < -0.3 is 15.1 Å². The average molecular weight is 364 g/mol. The van der Waals surface area contributed by atoms with Crippen LogP contribution in [0, 0.1) is 6.92 Å². The maximum absolute atomic E-state index is 12.6. The molecule has 5 nitrogen and oxygen atoms in total. The third-order valence-corrected chi connectivity index (χ3v) is 5.70. The summed E-state index contributed by atoms with van der Waals surface area (Å²) < 4.78 is 0. The Morgan fingerprint density at radius 1 is 1.32 bits per heavy atom. The molecule has 1 aliphatic heterocycles. The number of urea groups is 1. The molecule has 2 rings (SSSR count). The molecule has 25 heavy (non-hydrogen) atoms. The van der Waals surface area contributed by atoms with Crippen molar-refractivity contribution in [2.45, 2.75) is 51.3 Å². The average Bonchev–Trinajstić information content (AvgIpc) is 2.83. The number of thioether (sulfide) groups is 1. The summed E-state index contributed by atoms with van der Waals surface area (Å²) in [6.45, 7) is 11.6. The normalized spacial score (nSPS) is 20.2. The van der Waals surface area contributed by atoms with E-state index in [4.69, 9.17) is 0 Å². The van der Waals surface area contributed by atoms with Crippen molar-refractivity contribution in [3.05, 3.63) is 35.4 Å². The van der Waals surface area contributed by atoms with Crippen LogP contribution in [0.1, 0.15) is 44.2 Å². The summed E-state index contributed by atoms with van der Waals surface area (Å²) in [4.78, 5) is 28.5. The topological polar surface area (TPSA) is 52.7 Å². The lowest BCUT2D eigenvalue weighted by Gasteiger charge is -2.28. The zero-order valence-corrected chi connectivity index (χ0v) is 16.6. The summed E-state index contributed by atoms with van der Waals surface area (Å²) in [5.41, 5.74) is 2.35. The minimum absolute atomic E-state index is 0.0231. The maximum Gasteiger partial charge on any atom is 0.317 e. The minimum Gasteiger partial charge on any atom is -0.336 e. The van der Waals surface area contributed by atoms with E-state index in [0.717, 1.165) is 5.56 Å². The quantitative estimate of drug-likeness (QED) is 0.843. The van der Waals surface area contributed by atoms with E-state index in [0.29, 0.717) is 19.6 Å². The highest BCUT2D eigenvalue weighted by molar-refractivity contribution is 8.01. The molecule has 2 atom stereocenters. The number of carbonyl (C=O) groups is 2. The number of carbonyl (C=O) groups excluding carboxylic acids is 2. The van der Waals surface area contributed by atoms with Gasteiger partial charge in [0.05, 0.1) is 5.25 Å². The number of likely N-dealkylation sites (N-methyl/N-ethyl adjacent to an activating group) is 1. The van der Waals surface area contributed by atoms with Crippen LogP contribution in [-0.4, -0.2) is 52.7 Å². The van der Waals surface area contributed by atoms with Crippen molar-refractivity contribution < 1.29 is 9.59 Å². The van der Waals surface area contributed by atoms with E-state index in [1.807, 2.05) is 32.6 Å². The summed E-state index contributed by atoms with van der Waals surface area (Å²) in [6, 6.07) is 8.37. The standard InChI is InChI=1S/C19H29N3O2S/c1-6-21(19(24)20-13(2)3)11-12-22-17(23)15(5)25-18(22)16-9-7-14(4)8-10-16/h7-10,13,15,18H,6,11-12H2,1-5H3,(H,20,24)/t15-,18+/m0/s1. The molecule has 1 aromatic carbocycles. The van der Waals surface area contributed by atoms with E-state index in [2.05, 4.69) is 36.5 Å². The Morgan fingerprint density at radius 3 is 2.52 bits per heavy atom. The van der Waals surface area contributed by atoms with Gasteiger partial charge in [0, 0.05) is 25.7 Å². The lowest BCUT2D eigenvalue weighted by Crippen LogP contribution is -2.46. The van der Waals surface area contributed by atoms with E-state index in [1.165, 1.54) is 5.56 Å². The second-order valence-electron chi connectivity index (χ2n) is 6.76. The molecule has 0 saturated carbocycles. The molecular weight excluding hydrogens is 334 g/mol. The first kappa shape index (κ1) is 19.6. The molecule has 0 aromatic heterocycles. The Morgan fingerprint density at radius 2 is 1.96 bits per heavy atom. The Bertz CT molecular complexity index is 603. The van der Waals surface area contributed by atoms with Crippen LogP contribution in [0.4, 0.5) is 4.79 Å². The Labute approximate surface area is 155 Å². The molecule has 1 saturated heterocycles. The molecule has 1 N–H and O–H groups in total. The fourth-order valence-corrected chi connectivity index (χ4v) is 4.17. The first-order chi connectivity index (χ1) is 11.8. The number of aryl methyl sites for hydroxylation is 1. The summed E-state index contributed by atoms with van der Waals surface area (Å²) in [5, 5.41) is 2.89. The maximum atomic E-state index is 12.6. The zero-order chi connectivity index (χ0) is 18.6. The monoisotopic (exact) mass is 363 g/mol. The molecule has 0 aliphatic carbocycles. The van der Waals surface area contributed by atoms with Gasteiger partial charge >= 0.3 is 6.03 Å². The predicted octanol–water partition coefficient (Wildman–Crippen LogP) is 3.40. The second-order valence-corrected chi connectivity index (χ2v) is 8.18. The molecule has 3 amide bonds. The molecule has 1 heterocycles. The highest BCUT2D eigenvalue weighted by atomic mass is 32.2. The fourth-order valence-electron chi connectivity index (χ4n) is 2.86. The van der Waals surface area contributed by atoms with Crippen molar-refractivity contribution in [3.63, 3.8) is 0 Å². The van der Waals surface area contributed by atoms with Crippen LogP contribution in [0.2, 0.25) is 0 Å². The van der Waals surface area contributed by atoms with E-state index < -0.39 is 0 Å². The lowest BCUT2D eigenvalue weighted by atomic mass is 10.1. The van der Waals surface area contributed by atoms with E-state index in [-0.39, 0.29) is 28.6 Å². The second kappa shape index (κ2) is 8.61. The molecule has 0 spiro atoms. The van der Waals surface area contributed by atoms with Crippen LogP contribution in [0.5, 0.6) is 0 Å². The van der Waals surface area contributed by atoms with Crippen molar-refractivity contribution in [1.29, 1.82) is 0 Å². The number of amides is 3. The molecule has 0 radical (unpaired) electrons. The number of nitrogens with one attached hydrogen (secondary N) is 1. The van der Waals surface area contributed by atoms with Gasteiger partial charge in [0.2, 0.25) is 5.91 Å². The van der Waals surface area contributed by atoms with Gasteiger partial charge in [-0.05, 0) is 40.2 Å². The number of nitrogens with zero attached hydrogens (tertiary/aromatic N) is 2. The summed E-state index contributed by atoms with van der Waals surface area (Å²) in [6.07, 6.45) is 0. The van der Waals surface area contributed by atoms with Crippen LogP contribution >= 0.6 is 11.8 Å². The van der Waals surface area contributed by atoms with E-state index in [9.17, 15) is 9.59 Å². The smallest absolute Gasteiger partial charge is 0.317 e. The Kier molecular flexibility index (Phi) is 6.76. The number of benzene rings is 1. The van der Waals surface area contributed by atoms with Gasteiger partial charge in [-0.25, -0.2) is 4.79 Å². The summed E-state index contributed by atoms with van der Waals surface area (Å²) in [7, 11) is 0. The van der Waals surface area contributed by atoms with E-state index >= 15 is 0 Å². The number of hydrogen-bond donors (Lipinski definition) is 1. The van der Waals surface area contributed by atoms with Crippen LogP contribution < -0.4 is 5.32 Å². The third kappa shape index (κ3) is 4.91. The van der Waals surface area contributed by atoms with Gasteiger partial charge in [0.15, 0.2) is 0 Å². The highest BCUT2D eigenvalue weighted by Crippen LogP contribution is 2.42. The largest absolute Gasteiger partial charge is 0.336 e. The van der Waals surface area contributed by atoms with Crippen molar-refractivity contribution >= 4 is 23.7 Å². The van der Waals surface area contributed by atoms with Crippen LogP contribution in [-0.2, 0) is 4.79 Å². The van der Waals surface area contributed by atoms with Crippen molar-refractivity contribution in [1.82, 2.24) is 15.1 Å². The van der Waals surface area contributed by atoms with Gasteiger partial charge in [-0.1, -0.05) is 29.8 Å². The van der Waals surface area contributed by atoms with Crippen LogP contribution in [0.15, 0.2) is 24.3 Å². The first-order valence-electron chi connectivity index (χ1n) is 8.91. The van der Waals surface area contributed by atoms with Crippen molar-refractivity contribution in [2.24, 2.45) is 0 Å². The minimum atomic E-state index is -0.0725. The van der Waals surface area contributed by atoms with Gasteiger partial charge in [0.1, 0.15) is 5.37 Å². The van der Waals surface area contributed by atoms with Gasteiger partial charge in [-0.3, -0.25) is 4.79 Å². The molecule has 1 aliphatic rings. The van der Waals surface area contributed by atoms with Crippen molar-refractivity contribution in [3.8, 4) is 0 Å². The fraction of sp³-hybridized carbons (Fsp3) is 0.579. The SMILES string of the molecule is CCN(CCN1C(=O)[C@H](C)S[C@@H]1c1ccc(C)cc1)C(=O)NC(C)C. The van der Waals surface area contributed by atoms with Crippen molar-refractivity contribution in [2.75, 3.05) is 19.6 Å². The van der Waals surface area contributed by atoms with Gasteiger partial charge in [-0.2, -0.15) is 0 Å². The molecule has 1 aromatic rings. The molecule has 138 valence electrons. The highest BCUT2D eigenvalue weighted by Gasteiger charge is 2.38. The molecule has 0 bridgehead atoms. The van der Waals surface area contributed by atoms with Crippen LogP contribution in [0.25, 0.3) is 0 Å². The molecule has 0 unspecified atom stereocenters. The first-order valence-corrected chi connectivity index (χ1v) is 9.85. The van der Waals surface area contributed by atoms with Gasteiger partial charge in [-0.15, -0.1) is 11.8 Å². The molecule has 6 heteroatoms. The summed E-state index contributed by atoms with van der Waals surface area (Å²) >= 11 is 1.68.